The van der Waals surface area contributed by atoms with E-state index >= 15 is 0 Å². The first kappa shape index (κ1) is 16.1. The minimum Gasteiger partial charge on any atom is -0.336 e. The van der Waals surface area contributed by atoms with Gasteiger partial charge in [-0.3, -0.25) is 4.79 Å². The van der Waals surface area contributed by atoms with Gasteiger partial charge >= 0.3 is 0 Å². The van der Waals surface area contributed by atoms with Gasteiger partial charge in [0.15, 0.2) is 0 Å². The maximum absolute atomic E-state index is 13.8. The van der Waals surface area contributed by atoms with E-state index < -0.39 is 23.1 Å². The maximum atomic E-state index is 13.8. The zero-order valence-corrected chi connectivity index (χ0v) is 13.1. The average molecular weight is 334 g/mol. The van der Waals surface area contributed by atoms with E-state index in [9.17, 15) is 13.6 Å². The van der Waals surface area contributed by atoms with E-state index in [1.807, 2.05) is 27.7 Å². The lowest BCUT2D eigenvalue weighted by atomic mass is 10.1. The lowest BCUT2D eigenvalue weighted by Gasteiger charge is -2.28. The molecule has 0 radical (unpaired) electrons. The zero-order valence-electron chi connectivity index (χ0n) is 11.5. The van der Waals surface area contributed by atoms with Crippen LogP contribution in [-0.4, -0.2) is 23.4 Å². The third kappa shape index (κ3) is 4.00. The lowest BCUT2D eigenvalue weighted by molar-refractivity contribution is 0.0672. The Morgan fingerprint density at radius 2 is 1.68 bits per heavy atom. The molecule has 0 unspecified atom stereocenters. The first-order valence-corrected chi connectivity index (χ1v) is 6.98. The van der Waals surface area contributed by atoms with Gasteiger partial charge in [-0.05, 0) is 31.9 Å². The number of hydrogen-bond acceptors (Lipinski definition) is 1. The lowest BCUT2D eigenvalue weighted by Crippen LogP contribution is -2.40. The SMILES string of the molecule is CC(C)CN(C(=O)c1c(F)cc(Br)cc1F)C(C)C. The molecule has 1 aromatic rings. The molecule has 0 bridgehead atoms. The summed E-state index contributed by atoms with van der Waals surface area (Å²) in [5.41, 5.74) is -0.488. The van der Waals surface area contributed by atoms with Gasteiger partial charge in [0.1, 0.15) is 17.2 Å². The van der Waals surface area contributed by atoms with Crippen molar-refractivity contribution < 1.29 is 13.6 Å². The van der Waals surface area contributed by atoms with Crippen LogP contribution in [0, 0.1) is 17.6 Å². The molecule has 1 rings (SSSR count). The van der Waals surface area contributed by atoms with Crippen molar-refractivity contribution in [3.05, 3.63) is 33.8 Å². The predicted molar refractivity (Wildman–Crippen MR) is 75.1 cm³/mol. The highest BCUT2D eigenvalue weighted by molar-refractivity contribution is 9.10. The molecule has 0 aliphatic heterocycles. The van der Waals surface area contributed by atoms with E-state index in [1.54, 1.807) is 0 Å². The Balaban J connectivity index is 3.17. The predicted octanol–water partition coefficient (Wildman–Crippen LogP) is 4.23. The highest BCUT2D eigenvalue weighted by atomic mass is 79.9. The van der Waals surface area contributed by atoms with Gasteiger partial charge in [-0.25, -0.2) is 8.78 Å². The molecule has 106 valence electrons. The molecule has 2 nitrogen and oxygen atoms in total. The largest absolute Gasteiger partial charge is 0.336 e. The molecule has 0 saturated heterocycles. The molecule has 0 aromatic heterocycles. The first-order valence-electron chi connectivity index (χ1n) is 6.19. The van der Waals surface area contributed by atoms with Crippen LogP contribution in [-0.2, 0) is 0 Å². The average Bonchev–Trinajstić information content (AvgIpc) is 2.23. The summed E-state index contributed by atoms with van der Waals surface area (Å²) in [6, 6.07) is 2.09. The number of carbonyl (C=O) groups is 1. The molecule has 1 aromatic carbocycles. The summed E-state index contributed by atoms with van der Waals surface area (Å²) in [5.74, 6) is -2.06. The van der Waals surface area contributed by atoms with Crippen molar-refractivity contribution >= 4 is 21.8 Å². The Morgan fingerprint density at radius 3 is 2.05 bits per heavy atom. The van der Waals surface area contributed by atoms with Crippen LogP contribution < -0.4 is 0 Å². The zero-order chi connectivity index (χ0) is 14.7. The van der Waals surface area contributed by atoms with Crippen molar-refractivity contribution in [2.24, 2.45) is 5.92 Å². The van der Waals surface area contributed by atoms with Crippen LogP contribution in [0.2, 0.25) is 0 Å². The molecule has 19 heavy (non-hydrogen) atoms. The number of hydrogen-bond donors (Lipinski definition) is 0. The molecular weight excluding hydrogens is 316 g/mol. The van der Waals surface area contributed by atoms with Crippen LogP contribution in [0.4, 0.5) is 8.78 Å². The molecule has 0 aliphatic rings. The Kier molecular flexibility index (Phi) is 5.47. The van der Waals surface area contributed by atoms with Crippen molar-refractivity contribution in [1.82, 2.24) is 4.90 Å². The van der Waals surface area contributed by atoms with Gasteiger partial charge in [0.2, 0.25) is 0 Å². The van der Waals surface area contributed by atoms with Crippen molar-refractivity contribution in [3.63, 3.8) is 0 Å². The summed E-state index contributed by atoms with van der Waals surface area (Å²) in [7, 11) is 0. The number of halogens is 3. The van der Waals surface area contributed by atoms with Gasteiger partial charge in [-0.15, -0.1) is 0 Å². The van der Waals surface area contributed by atoms with Crippen LogP contribution in [0.1, 0.15) is 38.1 Å². The van der Waals surface area contributed by atoms with E-state index in [4.69, 9.17) is 0 Å². The molecule has 0 heterocycles. The number of amides is 1. The Hall–Kier alpha value is -0.970. The van der Waals surface area contributed by atoms with Gasteiger partial charge in [-0.1, -0.05) is 29.8 Å². The molecular formula is C14H18BrF2NO. The standard InChI is InChI=1S/C14H18BrF2NO/c1-8(2)7-18(9(3)4)14(19)13-11(16)5-10(15)6-12(13)17/h5-6,8-9H,7H2,1-4H3. The highest BCUT2D eigenvalue weighted by Crippen LogP contribution is 2.22. The molecule has 0 spiro atoms. The fourth-order valence-electron chi connectivity index (χ4n) is 1.81. The molecule has 5 heteroatoms. The van der Waals surface area contributed by atoms with Gasteiger partial charge < -0.3 is 4.90 Å². The van der Waals surface area contributed by atoms with E-state index in [-0.39, 0.29) is 16.4 Å². The number of benzene rings is 1. The smallest absolute Gasteiger partial charge is 0.260 e. The van der Waals surface area contributed by atoms with Crippen molar-refractivity contribution in [3.8, 4) is 0 Å². The second-order valence-electron chi connectivity index (χ2n) is 5.19. The monoisotopic (exact) mass is 333 g/mol. The number of nitrogens with zero attached hydrogens (tertiary/aromatic N) is 1. The number of rotatable bonds is 4. The first-order chi connectivity index (χ1) is 8.73. The molecule has 1 amide bonds. The summed E-state index contributed by atoms with van der Waals surface area (Å²) in [5, 5.41) is 0. The Bertz CT molecular complexity index is 452. The van der Waals surface area contributed by atoms with Crippen LogP contribution in [0.15, 0.2) is 16.6 Å². The van der Waals surface area contributed by atoms with Crippen molar-refractivity contribution in [1.29, 1.82) is 0 Å². The van der Waals surface area contributed by atoms with Gasteiger partial charge in [0.05, 0.1) is 0 Å². The van der Waals surface area contributed by atoms with E-state index in [2.05, 4.69) is 15.9 Å². The van der Waals surface area contributed by atoms with Crippen LogP contribution in [0.3, 0.4) is 0 Å². The third-order valence-corrected chi connectivity index (χ3v) is 3.12. The molecule has 0 atom stereocenters. The third-order valence-electron chi connectivity index (χ3n) is 2.67. The van der Waals surface area contributed by atoms with Crippen molar-refractivity contribution in [2.75, 3.05) is 6.54 Å². The fourth-order valence-corrected chi connectivity index (χ4v) is 2.21. The second-order valence-corrected chi connectivity index (χ2v) is 6.11. The highest BCUT2D eigenvalue weighted by Gasteiger charge is 2.26. The van der Waals surface area contributed by atoms with E-state index in [0.717, 1.165) is 12.1 Å². The summed E-state index contributed by atoms with van der Waals surface area (Å²) in [4.78, 5) is 13.8. The van der Waals surface area contributed by atoms with E-state index in [0.29, 0.717) is 6.54 Å². The summed E-state index contributed by atoms with van der Waals surface area (Å²) >= 11 is 3.00. The summed E-state index contributed by atoms with van der Waals surface area (Å²) < 4.78 is 27.9. The van der Waals surface area contributed by atoms with Gasteiger partial charge in [0.25, 0.3) is 5.91 Å². The van der Waals surface area contributed by atoms with Crippen LogP contribution >= 0.6 is 15.9 Å². The molecule has 0 saturated carbocycles. The minimum atomic E-state index is -0.841. The number of carbonyl (C=O) groups excluding carboxylic acids is 1. The maximum Gasteiger partial charge on any atom is 0.260 e. The Morgan fingerprint density at radius 1 is 1.21 bits per heavy atom. The quantitative estimate of drug-likeness (QED) is 0.807. The Labute approximate surface area is 120 Å². The fraction of sp³-hybridized carbons (Fsp3) is 0.500. The van der Waals surface area contributed by atoms with Crippen LogP contribution in [0.25, 0.3) is 0 Å². The second kappa shape index (κ2) is 6.46. The topological polar surface area (TPSA) is 20.3 Å². The summed E-state index contributed by atoms with van der Waals surface area (Å²) in [6.45, 7) is 8.03. The molecule has 0 N–H and O–H groups in total. The van der Waals surface area contributed by atoms with Crippen molar-refractivity contribution in [2.45, 2.75) is 33.7 Å². The van der Waals surface area contributed by atoms with Gasteiger partial charge in [0, 0.05) is 17.1 Å². The molecule has 0 fully saturated rings. The normalized spacial score (nSPS) is 11.2. The van der Waals surface area contributed by atoms with Crippen LogP contribution in [0.5, 0.6) is 0 Å². The summed E-state index contributed by atoms with van der Waals surface area (Å²) in [6.07, 6.45) is 0. The van der Waals surface area contributed by atoms with E-state index in [1.165, 1.54) is 4.90 Å². The molecule has 0 aliphatic carbocycles. The minimum absolute atomic E-state index is 0.114. The van der Waals surface area contributed by atoms with Gasteiger partial charge in [-0.2, -0.15) is 0 Å².